The van der Waals surface area contributed by atoms with Crippen LogP contribution in [0.3, 0.4) is 0 Å². The number of hydrogen-bond donors (Lipinski definition) is 2. The third kappa shape index (κ3) is 1.26. The first-order valence-corrected chi connectivity index (χ1v) is 4.29. The predicted molar refractivity (Wildman–Crippen MR) is 49.6 cm³/mol. The molecule has 0 radical (unpaired) electrons. The maximum atomic E-state index is 10.8. The predicted octanol–water partition coefficient (Wildman–Crippen LogP) is 1.38. The van der Waals surface area contributed by atoms with Gasteiger partial charge in [0, 0.05) is 5.69 Å². The van der Waals surface area contributed by atoms with Gasteiger partial charge in [0.15, 0.2) is 0 Å². The van der Waals surface area contributed by atoms with Crippen molar-refractivity contribution in [2.24, 2.45) is 0 Å². The van der Waals surface area contributed by atoms with Crippen molar-refractivity contribution in [3.63, 3.8) is 0 Å². The maximum Gasteiger partial charge on any atom is 0.310 e. The van der Waals surface area contributed by atoms with Crippen molar-refractivity contribution in [2.45, 2.75) is 18.8 Å². The smallest absolute Gasteiger partial charge is 0.310 e. The lowest BCUT2D eigenvalue weighted by atomic mass is 10.0. The lowest BCUT2D eigenvalue weighted by Crippen LogP contribution is -2.07. The summed E-state index contributed by atoms with van der Waals surface area (Å²) in [7, 11) is 0. The molecule has 68 valence electrons. The van der Waals surface area contributed by atoms with Crippen molar-refractivity contribution in [1.82, 2.24) is 0 Å². The van der Waals surface area contributed by atoms with Crippen LogP contribution >= 0.6 is 0 Å². The molecule has 0 spiro atoms. The van der Waals surface area contributed by atoms with E-state index < -0.39 is 5.97 Å². The number of rotatable bonds is 1. The molecule has 0 fully saturated rings. The lowest BCUT2D eigenvalue weighted by molar-refractivity contribution is -0.138. The average Bonchev–Trinajstić information content (AvgIpc) is 2.46. The highest BCUT2D eigenvalue weighted by molar-refractivity contribution is 5.78. The van der Waals surface area contributed by atoms with Crippen molar-refractivity contribution < 1.29 is 9.90 Å². The summed E-state index contributed by atoms with van der Waals surface area (Å²) in [6.07, 6.45) is 1.53. The van der Waals surface area contributed by atoms with Gasteiger partial charge in [-0.25, -0.2) is 0 Å². The number of anilines is 1. The number of hydrogen-bond acceptors (Lipinski definition) is 2. The van der Waals surface area contributed by atoms with Gasteiger partial charge in [0.05, 0.1) is 5.92 Å². The molecule has 0 bridgehead atoms. The van der Waals surface area contributed by atoms with Gasteiger partial charge in [-0.2, -0.15) is 0 Å². The molecule has 0 aliphatic heterocycles. The van der Waals surface area contributed by atoms with E-state index in [4.69, 9.17) is 10.8 Å². The molecule has 2 rings (SSSR count). The van der Waals surface area contributed by atoms with E-state index in [0.717, 1.165) is 17.5 Å². The van der Waals surface area contributed by atoms with Gasteiger partial charge < -0.3 is 10.8 Å². The number of aryl methyl sites for hydroxylation is 1. The van der Waals surface area contributed by atoms with Gasteiger partial charge in [-0.3, -0.25) is 4.79 Å². The molecule has 3 nitrogen and oxygen atoms in total. The van der Waals surface area contributed by atoms with Crippen LogP contribution in [0.25, 0.3) is 0 Å². The van der Waals surface area contributed by atoms with Crippen LogP contribution in [0.15, 0.2) is 18.2 Å². The second-order valence-corrected chi connectivity index (χ2v) is 3.39. The number of carboxylic acid groups (broad SMARTS) is 1. The third-order valence-electron chi connectivity index (χ3n) is 2.54. The summed E-state index contributed by atoms with van der Waals surface area (Å²) in [6, 6.07) is 5.47. The summed E-state index contributed by atoms with van der Waals surface area (Å²) in [5.74, 6) is -1.06. The van der Waals surface area contributed by atoms with E-state index in [2.05, 4.69) is 0 Å². The largest absolute Gasteiger partial charge is 0.481 e. The molecule has 0 unspecified atom stereocenters. The van der Waals surface area contributed by atoms with Crippen LogP contribution in [0.2, 0.25) is 0 Å². The Morgan fingerprint density at radius 3 is 3.00 bits per heavy atom. The van der Waals surface area contributed by atoms with Gasteiger partial charge in [0.1, 0.15) is 0 Å². The van der Waals surface area contributed by atoms with E-state index in [-0.39, 0.29) is 5.92 Å². The quantitative estimate of drug-likeness (QED) is 0.637. The van der Waals surface area contributed by atoms with Crippen LogP contribution < -0.4 is 5.73 Å². The van der Waals surface area contributed by atoms with Crippen LogP contribution in [0.1, 0.15) is 23.5 Å². The topological polar surface area (TPSA) is 63.3 Å². The zero-order valence-electron chi connectivity index (χ0n) is 7.16. The Morgan fingerprint density at radius 1 is 1.54 bits per heavy atom. The van der Waals surface area contributed by atoms with E-state index in [9.17, 15) is 4.79 Å². The van der Waals surface area contributed by atoms with Gasteiger partial charge in [-0.1, -0.05) is 6.07 Å². The van der Waals surface area contributed by atoms with Crippen molar-refractivity contribution >= 4 is 11.7 Å². The molecule has 0 amide bonds. The Hall–Kier alpha value is -1.51. The molecule has 0 saturated heterocycles. The summed E-state index contributed by atoms with van der Waals surface area (Å²) >= 11 is 0. The highest BCUT2D eigenvalue weighted by Crippen LogP contribution is 2.34. The zero-order chi connectivity index (χ0) is 9.42. The molecule has 1 aromatic rings. The van der Waals surface area contributed by atoms with Gasteiger partial charge >= 0.3 is 5.97 Å². The molecule has 0 aromatic heterocycles. The highest BCUT2D eigenvalue weighted by Gasteiger charge is 2.27. The molecule has 1 aliphatic rings. The number of fused-ring (bicyclic) bond motifs is 1. The number of nitrogens with two attached hydrogens (primary N) is 1. The molecule has 3 N–H and O–H groups in total. The third-order valence-corrected chi connectivity index (χ3v) is 2.54. The molecule has 1 aromatic carbocycles. The SMILES string of the molecule is Nc1ccc2c(c1)CC[C@H]2C(=O)O. The normalized spacial score (nSPS) is 19.8. The van der Waals surface area contributed by atoms with E-state index in [1.54, 1.807) is 6.07 Å². The molecule has 1 atom stereocenters. The van der Waals surface area contributed by atoms with Gasteiger partial charge in [0.2, 0.25) is 0 Å². The first-order chi connectivity index (χ1) is 6.18. The Labute approximate surface area is 76.2 Å². The minimum absolute atomic E-state index is 0.324. The first kappa shape index (κ1) is 8.10. The van der Waals surface area contributed by atoms with Crippen molar-refractivity contribution in [2.75, 3.05) is 5.73 Å². The van der Waals surface area contributed by atoms with Crippen molar-refractivity contribution in [3.8, 4) is 0 Å². The van der Waals surface area contributed by atoms with Crippen LogP contribution in [0.4, 0.5) is 5.69 Å². The fourth-order valence-corrected chi connectivity index (χ4v) is 1.89. The maximum absolute atomic E-state index is 10.8. The van der Waals surface area contributed by atoms with Crippen LogP contribution in [-0.2, 0) is 11.2 Å². The molecule has 0 heterocycles. The molecular weight excluding hydrogens is 166 g/mol. The fourth-order valence-electron chi connectivity index (χ4n) is 1.89. The number of carboxylic acids is 1. The first-order valence-electron chi connectivity index (χ1n) is 4.29. The number of carbonyl (C=O) groups is 1. The minimum atomic E-state index is -0.733. The Morgan fingerprint density at radius 2 is 2.31 bits per heavy atom. The Balaban J connectivity index is 2.44. The zero-order valence-corrected chi connectivity index (χ0v) is 7.16. The van der Waals surface area contributed by atoms with Crippen molar-refractivity contribution in [1.29, 1.82) is 0 Å². The standard InChI is InChI=1S/C10H11NO2/c11-7-2-4-8-6(5-7)1-3-9(8)10(12)13/h2,4-5,9H,1,3,11H2,(H,12,13)/t9-/m1/s1. The average molecular weight is 177 g/mol. The Bertz CT molecular complexity index is 360. The molecule has 1 aliphatic carbocycles. The van der Waals surface area contributed by atoms with E-state index in [0.29, 0.717) is 12.1 Å². The summed E-state index contributed by atoms with van der Waals surface area (Å²) in [4.78, 5) is 10.8. The molecular formula is C10H11NO2. The Kier molecular flexibility index (Phi) is 1.72. The van der Waals surface area contributed by atoms with Crippen molar-refractivity contribution in [3.05, 3.63) is 29.3 Å². The summed E-state index contributed by atoms with van der Waals surface area (Å²) < 4.78 is 0. The van der Waals surface area contributed by atoms with Gasteiger partial charge in [-0.05, 0) is 36.1 Å². The number of aliphatic carboxylic acids is 1. The van der Waals surface area contributed by atoms with Crippen LogP contribution in [0, 0.1) is 0 Å². The van der Waals surface area contributed by atoms with E-state index in [1.165, 1.54) is 0 Å². The monoisotopic (exact) mass is 177 g/mol. The minimum Gasteiger partial charge on any atom is -0.481 e. The van der Waals surface area contributed by atoms with E-state index in [1.807, 2.05) is 12.1 Å². The lowest BCUT2D eigenvalue weighted by Gasteiger charge is -2.05. The van der Waals surface area contributed by atoms with Crippen LogP contribution in [0.5, 0.6) is 0 Å². The number of benzene rings is 1. The second-order valence-electron chi connectivity index (χ2n) is 3.39. The molecule has 0 saturated carbocycles. The fraction of sp³-hybridized carbons (Fsp3) is 0.300. The summed E-state index contributed by atoms with van der Waals surface area (Å²) in [5.41, 5.74) is 8.34. The second kappa shape index (κ2) is 2.76. The number of nitrogen functional groups attached to an aromatic ring is 1. The van der Waals surface area contributed by atoms with E-state index >= 15 is 0 Å². The van der Waals surface area contributed by atoms with Gasteiger partial charge in [-0.15, -0.1) is 0 Å². The molecule has 13 heavy (non-hydrogen) atoms. The summed E-state index contributed by atoms with van der Waals surface area (Å²) in [6.45, 7) is 0. The van der Waals surface area contributed by atoms with Gasteiger partial charge in [0.25, 0.3) is 0 Å². The molecule has 3 heteroatoms. The summed E-state index contributed by atoms with van der Waals surface area (Å²) in [5, 5.41) is 8.90. The van der Waals surface area contributed by atoms with Crippen LogP contribution in [-0.4, -0.2) is 11.1 Å². The highest BCUT2D eigenvalue weighted by atomic mass is 16.4.